The maximum atomic E-state index is 9.24. The fourth-order valence-corrected chi connectivity index (χ4v) is 2.00. The van der Waals surface area contributed by atoms with Crippen LogP contribution in [-0.2, 0) is 0 Å². The van der Waals surface area contributed by atoms with Gasteiger partial charge in [0.1, 0.15) is 11.5 Å². The Labute approximate surface area is 114 Å². The minimum absolute atomic E-state index is 0.0978. The van der Waals surface area contributed by atoms with Gasteiger partial charge in [0.25, 0.3) is 0 Å². The summed E-state index contributed by atoms with van der Waals surface area (Å²) in [5, 5.41) is 9.24. The number of benzene rings is 2. The van der Waals surface area contributed by atoms with Gasteiger partial charge in [0.05, 0.1) is 12.0 Å². The number of hydrogen-bond donors (Lipinski definition) is 0. The van der Waals surface area contributed by atoms with Gasteiger partial charge in [-0.05, 0) is 35.7 Å². The quantitative estimate of drug-likeness (QED) is 0.786. The summed E-state index contributed by atoms with van der Waals surface area (Å²) >= 11 is 0. The van der Waals surface area contributed by atoms with E-state index in [0.29, 0.717) is 0 Å². The Kier molecular flexibility index (Phi) is 4.20. The summed E-state index contributed by atoms with van der Waals surface area (Å²) in [5.74, 6) is 1.76. The fraction of sp³-hybridized carbons (Fsp3) is 0.235. The molecule has 0 amide bonds. The van der Waals surface area contributed by atoms with Crippen LogP contribution in [0, 0.1) is 17.2 Å². The van der Waals surface area contributed by atoms with E-state index in [-0.39, 0.29) is 11.8 Å². The summed E-state index contributed by atoms with van der Waals surface area (Å²) < 4.78 is 5.78. The summed E-state index contributed by atoms with van der Waals surface area (Å²) in [6, 6.07) is 19.8. The number of rotatable bonds is 4. The van der Waals surface area contributed by atoms with Gasteiger partial charge in [0.2, 0.25) is 0 Å². The first-order valence-electron chi connectivity index (χ1n) is 6.43. The Balaban J connectivity index is 2.23. The molecular weight excluding hydrogens is 234 g/mol. The van der Waals surface area contributed by atoms with Crippen molar-refractivity contribution in [2.24, 2.45) is 5.92 Å². The highest BCUT2D eigenvalue weighted by Gasteiger charge is 2.15. The van der Waals surface area contributed by atoms with Crippen LogP contribution in [0.3, 0.4) is 0 Å². The van der Waals surface area contributed by atoms with E-state index in [0.717, 1.165) is 17.1 Å². The van der Waals surface area contributed by atoms with Crippen molar-refractivity contribution in [3.05, 3.63) is 60.2 Å². The highest BCUT2D eigenvalue weighted by atomic mass is 16.5. The second kappa shape index (κ2) is 6.06. The van der Waals surface area contributed by atoms with Crippen LogP contribution in [0.4, 0.5) is 0 Å². The summed E-state index contributed by atoms with van der Waals surface area (Å²) in [6.07, 6.45) is 0. The molecule has 0 saturated carbocycles. The molecule has 2 nitrogen and oxygen atoms in total. The zero-order valence-corrected chi connectivity index (χ0v) is 11.2. The Hall–Kier alpha value is -2.27. The Bertz CT molecular complexity index is 569. The summed E-state index contributed by atoms with van der Waals surface area (Å²) in [6.45, 7) is 4.11. The van der Waals surface area contributed by atoms with E-state index in [9.17, 15) is 5.26 Å². The molecule has 0 heterocycles. The molecular formula is C17H17NO. The van der Waals surface area contributed by atoms with Gasteiger partial charge in [-0.2, -0.15) is 5.26 Å². The minimum atomic E-state index is -0.0978. The van der Waals surface area contributed by atoms with Gasteiger partial charge in [-0.15, -0.1) is 0 Å². The van der Waals surface area contributed by atoms with E-state index in [1.807, 2.05) is 54.6 Å². The van der Waals surface area contributed by atoms with Crippen molar-refractivity contribution < 1.29 is 4.74 Å². The largest absolute Gasteiger partial charge is 0.457 e. The molecule has 1 unspecified atom stereocenters. The zero-order valence-electron chi connectivity index (χ0n) is 11.2. The van der Waals surface area contributed by atoms with Crippen molar-refractivity contribution >= 4 is 0 Å². The fourth-order valence-electron chi connectivity index (χ4n) is 2.00. The molecule has 0 saturated heterocycles. The van der Waals surface area contributed by atoms with Crippen molar-refractivity contribution in [2.45, 2.75) is 19.8 Å². The smallest absolute Gasteiger partial charge is 0.127 e. The molecule has 0 bridgehead atoms. The SMILES string of the molecule is CC(C)C(C#N)c1cccc(Oc2ccccc2)c1. The molecule has 1 atom stereocenters. The third-order valence-electron chi connectivity index (χ3n) is 3.00. The van der Waals surface area contributed by atoms with Crippen LogP contribution in [-0.4, -0.2) is 0 Å². The third kappa shape index (κ3) is 3.35. The van der Waals surface area contributed by atoms with E-state index < -0.39 is 0 Å². The second-order valence-corrected chi connectivity index (χ2v) is 4.84. The first kappa shape index (κ1) is 13.2. The van der Waals surface area contributed by atoms with Gasteiger partial charge in [-0.25, -0.2) is 0 Å². The molecule has 0 fully saturated rings. The first-order chi connectivity index (χ1) is 9.20. The van der Waals surface area contributed by atoms with Gasteiger partial charge in [0, 0.05) is 0 Å². The van der Waals surface area contributed by atoms with E-state index in [1.165, 1.54) is 0 Å². The minimum Gasteiger partial charge on any atom is -0.457 e. The van der Waals surface area contributed by atoms with Crippen molar-refractivity contribution in [2.75, 3.05) is 0 Å². The summed E-state index contributed by atoms with van der Waals surface area (Å²) in [7, 11) is 0. The lowest BCUT2D eigenvalue weighted by atomic mass is 9.90. The monoisotopic (exact) mass is 251 g/mol. The molecule has 0 N–H and O–H groups in total. The molecule has 0 aromatic heterocycles. The molecule has 0 radical (unpaired) electrons. The molecule has 0 aliphatic carbocycles. The molecule has 0 spiro atoms. The van der Waals surface area contributed by atoms with Gasteiger partial charge >= 0.3 is 0 Å². The van der Waals surface area contributed by atoms with Crippen LogP contribution in [0.1, 0.15) is 25.3 Å². The maximum Gasteiger partial charge on any atom is 0.127 e. The van der Waals surface area contributed by atoms with E-state index in [2.05, 4.69) is 19.9 Å². The van der Waals surface area contributed by atoms with Gasteiger partial charge in [-0.1, -0.05) is 44.2 Å². The molecule has 2 aromatic carbocycles. The normalized spacial score (nSPS) is 11.9. The maximum absolute atomic E-state index is 9.24. The molecule has 96 valence electrons. The second-order valence-electron chi connectivity index (χ2n) is 4.84. The highest BCUT2D eigenvalue weighted by molar-refractivity contribution is 5.37. The van der Waals surface area contributed by atoms with Crippen molar-refractivity contribution in [3.8, 4) is 17.6 Å². The predicted octanol–water partition coefficient (Wildman–Crippen LogP) is 4.74. The van der Waals surface area contributed by atoms with Gasteiger partial charge < -0.3 is 4.74 Å². The Morgan fingerprint density at radius 2 is 1.63 bits per heavy atom. The standard InChI is InChI=1S/C17H17NO/c1-13(2)17(12-18)14-7-6-10-16(11-14)19-15-8-4-3-5-9-15/h3-11,13,17H,1-2H3. The van der Waals surface area contributed by atoms with Crippen molar-refractivity contribution in [1.29, 1.82) is 5.26 Å². The zero-order chi connectivity index (χ0) is 13.7. The van der Waals surface area contributed by atoms with Crippen LogP contribution < -0.4 is 4.74 Å². The topological polar surface area (TPSA) is 33.0 Å². The van der Waals surface area contributed by atoms with Crippen molar-refractivity contribution in [3.63, 3.8) is 0 Å². The van der Waals surface area contributed by atoms with Crippen LogP contribution in [0.5, 0.6) is 11.5 Å². The molecule has 2 aromatic rings. The Morgan fingerprint density at radius 1 is 0.947 bits per heavy atom. The van der Waals surface area contributed by atoms with E-state index in [4.69, 9.17) is 4.74 Å². The average Bonchev–Trinajstić information content (AvgIpc) is 2.41. The number of nitrogens with zero attached hydrogens (tertiary/aromatic N) is 1. The molecule has 0 aliphatic heterocycles. The summed E-state index contributed by atoms with van der Waals surface area (Å²) in [5.41, 5.74) is 1.01. The molecule has 2 rings (SSSR count). The van der Waals surface area contributed by atoms with Crippen LogP contribution in [0.2, 0.25) is 0 Å². The number of nitriles is 1. The average molecular weight is 251 g/mol. The molecule has 0 aliphatic rings. The van der Waals surface area contributed by atoms with Gasteiger partial charge in [-0.3, -0.25) is 0 Å². The van der Waals surface area contributed by atoms with E-state index >= 15 is 0 Å². The van der Waals surface area contributed by atoms with Crippen LogP contribution in [0.15, 0.2) is 54.6 Å². The van der Waals surface area contributed by atoms with Crippen LogP contribution >= 0.6 is 0 Å². The number of hydrogen-bond acceptors (Lipinski definition) is 2. The number of ether oxygens (including phenoxy) is 1. The number of para-hydroxylation sites is 1. The lowest BCUT2D eigenvalue weighted by molar-refractivity contribution is 0.480. The van der Waals surface area contributed by atoms with Crippen LogP contribution in [0.25, 0.3) is 0 Å². The third-order valence-corrected chi connectivity index (χ3v) is 3.00. The molecule has 2 heteroatoms. The lowest BCUT2D eigenvalue weighted by Gasteiger charge is -2.14. The Morgan fingerprint density at radius 3 is 2.26 bits per heavy atom. The first-order valence-corrected chi connectivity index (χ1v) is 6.43. The van der Waals surface area contributed by atoms with E-state index in [1.54, 1.807) is 0 Å². The highest BCUT2D eigenvalue weighted by Crippen LogP contribution is 2.28. The lowest BCUT2D eigenvalue weighted by Crippen LogP contribution is -2.03. The van der Waals surface area contributed by atoms with Gasteiger partial charge in [0.15, 0.2) is 0 Å². The van der Waals surface area contributed by atoms with Crippen molar-refractivity contribution in [1.82, 2.24) is 0 Å². The molecule has 19 heavy (non-hydrogen) atoms. The summed E-state index contributed by atoms with van der Waals surface area (Å²) in [4.78, 5) is 0. The predicted molar refractivity (Wildman–Crippen MR) is 76.2 cm³/mol.